The van der Waals surface area contributed by atoms with E-state index in [-0.39, 0.29) is 11.4 Å². The molecule has 1 fully saturated rings. The molecule has 1 aromatic rings. The Morgan fingerprint density at radius 1 is 1.45 bits per heavy atom. The van der Waals surface area contributed by atoms with Crippen LogP contribution >= 0.6 is 0 Å². The van der Waals surface area contributed by atoms with Crippen LogP contribution in [0, 0.1) is 0 Å². The van der Waals surface area contributed by atoms with E-state index in [0.717, 1.165) is 32.5 Å². The highest BCUT2D eigenvalue weighted by Crippen LogP contribution is 2.26. The molecule has 4 heteroatoms. The van der Waals surface area contributed by atoms with Crippen LogP contribution < -0.4 is 0 Å². The van der Waals surface area contributed by atoms with E-state index >= 15 is 0 Å². The molecule has 4 nitrogen and oxygen atoms in total. The van der Waals surface area contributed by atoms with Crippen LogP contribution in [0.3, 0.4) is 0 Å². The third-order valence-corrected chi connectivity index (χ3v) is 4.29. The third kappa shape index (κ3) is 4.17. The number of hydrogen-bond donors (Lipinski definition) is 0. The lowest BCUT2D eigenvalue weighted by molar-refractivity contribution is -0.128. The molecule has 1 amide bonds. The van der Waals surface area contributed by atoms with Gasteiger partial charge in [0.2, 0.25) is 5.91 Å². The molecule has 22 heavy (non-hydrogen) atoms. The van der Waals surface area contributed by atoms with Crippen LogP contribution in [-0.2, 0) is 11.3 Å². The summed E-state index contributed by atoms with van der Waals surface area (Å²) in [5, 5.41) is 0. The molecule has 2 heterocycles. The van der Waals surface area contributed by atoms with Gasteiger partial charge >= 0.3 is 0 Å². The first kappa shape index (κ1) is 16.7. The Bertz CT molecular complexity index is 507. The van der Waals surface area contributed by atoms with Gasteiger partial charge in [0, 0.05) is 43.6 Å². The van der Waals surface area contributed by atoms with E-state index in [0.29, 0.717) is 6.04 Å². The van der Waals surface area contributed by atoms with E-state index in [1.165, 1.54) is 11.6 Å². The summed E-state index contributed by atoms with van der Waals surface area (Å²) in [5.41, 5.74) is 1.31. The smallest absolute Gasteiger partial charge is 0.246 e. The number of piperidine rings is 1. The van der Waals surface area contributed by atoms with Crippen molar-refractivity contribution in [1.29, 1.82) is 0 Å². The standard InChI is InChI=1S/C18H27N3O/c1-5-17(22)20-12-6-7-16(14-20)21(18(2,3)4)13-15-8-10-19-11-9-15/h5,8-11,16H,1,6-7,12-14H2,2-4H3/t16-/m1/s1. The second kappa shape index (κ2) is 7.05. The van der Waals surface area contributed by atoms with Crippen molar-refractivity contribution >= 4 is 5.91 Å². The maximum atomic E-state index is 11.9. The van der Waals surface area contributed by atoms with E-state index < -0.39 is 0 Å². The van der Waals surface area contributed by atoms with Gasteiger partial charge in [0.1, 0.15) is 0 Å². The highest BCUT2D eigenvalue weighted by molar-refractivity contribution is 5.87. The number of nitrogens with zero attached hydrogens (tertiary/aromatic N) is 3. The van der Waals surface area contributed by atoms with Crippen molar-refractivity contribution in [2.75, 3.05) is 13.1 Å². The SMILES string of the molecule is C=CC(=O)N1CCC[C@@H](N(Cc2ccncc2)C(C)(C)C)C1. The summed E-state index contributed by atoms with van der Waals surface area (Å²) in [6.45, 7) is 12.8. The molecule has 1 aliphatic heterocycles. The Hall–Kier alpha value is -1.68. The summed E-state index contributed by atoms with van der Waals surface area (Å²) in [7, 11) is 0. The molecule has 1 aromatic heterocycles. The predicted octanol–water partition coefficient (Wildman–Crippen LogP) is 2.86. The van der Waals surface area contributed by atoms with Crippen molar-refractivity contribution in [3.05, 3.63) is 42.7 Å². The number of carbonyl (C=O) groups excluding carboxylic acids is 1. The highest BCUT2D eigenvalue weighted by Gasteiger charge is 2.33. The fraction of sp³-hybridized carbons (Fsp3) is 0.556. The number of rotatable bonds is 4. The minimum absolute atomic E-state index is 0.0440. The third-order valence-electron chi connectivity index (χ3n) is 4.29. The minimum atomic E-state index is 0.0440. The molecule has 0 N–H and O–H groups in total. The zero-order valence-corrected chi connectivity index (χ0v) is 14.0. The monoisotopic (exact) mass is 301 g/mol. The van der Waals surface area contributed by atoms with Crippen LogP contribution in [0.2, 0.25) is 0 Å². The molecule has 2 rings (SSSR count). The van der Waals surface area contributed by atoms with E-state index in [2.05, 4.69) is 49.4 Å². The molecule has 0 aromatic carbocycles. The number of carbonyl (C=O) groups is 1. The Morgan fingerprint density at radius 2 is 2.14 bits per heavy atom. The van der Waals surface area contributed by atoms with E-state index in [9.17, 15) is 4.79 Å². The summed E-state index contributed by atoms with van der Waals surface area (Å²) >= 11 is 0. The molecular formula is C18H27N3O. The van der Waals surface area contributed by atoms with Gasteiger partial charge < -0.3 is 4.90 Å². The number of amides is 1. The van der Waals surface area contributed by atoms with Crippen LogP contribution in [0.4, 0.5) is 0 Å². The lowest BCUT2D eigenvalue weighted by atomic mass is 9.96. The topological polar surface area (TPSA) is 36.4 Å². The quantitative estimate of drug-likeness (QED) is 0.802. The number of likely N-dealkylation sites (tertiary alicyclic amines) is 1. The van der Waals surface area contributed by atoms with Crippen molar-refractivity contribution in [3.8, 4) is 0 Å². The van der Waals surface area contributed by atoms with E-state index in [1.54, 1.807) is 0 Å². The summed E-state index contributed by atoms with van der Waals surface area (Å²) < 4.78 is 0. The van der Waals surface area contributed by atoms with Crippen molar-refractivity contribution in [3.63, 3.8) is 0 Å². The Balaban J connectivity index is 2.15. The minimum Gasteiger partial charge on any atom is -0.338 e. The second-order valence-electron chi connectivity index (χ2n) is 6.94. The second-order valence-corrected chi connectivity index (χ2v) is 6.94. The molecule has 1 saturated heterocycles. The van der Waals surface area contributed by atoms with Crippen LogP contribution in [-0.4, -0.2) is 45.4 Å². The average molecular weight is 301 g/mol. The molecule has 120 valence electrons. The maximum Gasteiger partial charge on any atom is 0.246 e. The van der Waals surface area contributed by atoms with Crippen molar-refractivity contribution in [1.82, 2.24) is 14.8 Å². The Morgan fingerprint density at radius 3 is 2.73 bits per heavy atom. The highest BCUT2D eigenvalue weighted by atomic mass is 16.2. The van der Waals surface area contributed by atoms with Gasteiger partial charge in [-0.15, -0.1) is 0 Å². The molecule has 0 spiro atoms. The van der Waals surface area contributed by atoms with Gasteiger partial charge in [0.25, 0.3) is 0 Å². The molecular weight excluding hydrogens is 274 g/mol. The van der Waals surface area contributed by atoms with Gasteiger partial charge in [0.15, 0.2) is 0 Å². The van der Waals surface area contributed by atoms with Gasteiger partial charge in [-0.3, -0.25) is 14.7 Å². The van der Waals surface area contributed by atoms with Gasteiger partial charge in [-0.1, -0.05) is 6.58 Å². The Labute approximate surface area is 133 Å². The summed E-state index contributed by atoms with van der Waals surface area (Å²) in [5.74, 6) is 0.0440. The summed E-state index contributed by atoms with van der Waals surface area (Å²) in [6.07, 6.45) is 7.28. The Kier molecular flexibility index (Phi) is 5.35. The van der Waals surface area contributed by atoms with Gasteiger partial charge in [-0.05, 0) is 57.4 Å². The lowest BCUT2D eigenvalue weighted by Gasteiger charge is -2.45. The average Bonchev–Trinajstić information content (AvgIpc) is 2.52. The summed E-state index contributed by atoms with van der Waals surface area (Å²) in [4.78, 5) is 20.4. The number of pyridine rings is 1. The molecule has 0 bridgehead atoms. The summed E-state index contributed by atoms with van der Waals surface area (Å²) in [6, 6.07) is 4.51. The lowest BCUT2D eigenvalue weighted by Crippen LogP contribution is -2.55. The number of aromatic nitrogens is 1. The van der Waals surface area contributed by atoms with Crippen LogP contribution in [0.5, 0.6) is 0 Å². The molecule has 1 atom stereocenters. The molecule has 0 unspecified atom stereocenters. The molecule has 0 aliphatic carbocycles. The van der Waals surface area contributed by atoms with Crippen molar-refractivity contribution < 1.29 is 4.79 Å². The first-order valence-electron chi connectivity index (χ1n) is 7.99. The fourth-order valence-corrected chi connectivity index (χ4v) is 3.14. The van der Waals surface area contributed by atoms with Crippen molar-refractivity contribution in [2.24, 2.45) is 0 Å². The normalized spacial score (nSPS) is 19.3. The maximum absolute atomic E-state index is 11.9. The van der Waals surface area contributed by atoms with Crippen molar-refractivity contribution in [2.45, 2.75) is 51.7 Å². The molecule has 1 aliphatic rings. The van der Waals surface area contributed by atoms with Gasteiger partial charge in [-0.2, -0.15) is 0 Å². The largest absolute Gasteiger partial charge is 0.338 e. The molecule has 0 radical (unpaired) electrons. The van der Waals surface area contributed by atoms with Gasteiger partial charge in [-0.25, -0.2) is 0 Å². The van der Waals surface area contributed by atoms with E-state index in [1.807, 2.05) is 17.3 Å². The van der Waals surface area contributed by atoms with Crippen LogP contribution in [0.15, 0.2) is 37.2 Å². The number of hydrogen-bond acceptors (Lipinski definition) is 3. The zero-order valence-electron chi connectivity index (χ0n) is 14.0. The molecule has 0 saturated carbocycles. The van der Waals surface area contributed by atoms with Crippen LogP contribution in [0.25, 0.3) is 0 Å². The van der Waals surface area contributed by atoms with Gasteiger partial charge in [0.05, 0.1) is 0 Å². The zero-order chi connectivity index (χ0) is 16.2. The predicted molar refractivity (Wildman–Crippen MR) is 89.3 cm³/mol. The fourth-order valence-electron chi connectivity index (χ4n) is 3.14. The van der Waals surface area contributed by atoms with E-state index in [4.69, 9.17) is 0 Å². The van der Waals surface area contributed by atoms with Crippen LogP contribution in [0.1, 0.15) is 39.2 Å². The first-order valence-corrected chi connectivity index (χ1v) is 7.99. The first-order chi connectivity index (χ1) is 10.4.